The lowest BCUT2D eigenvalue weighted by Gasteiger charge is -2.26. The van der Waals surface area contributed by atoms with E-state index < -0.39 is 15.6 Å². The third-order valence-electron chi connectivity index (χ3n) is 3.36. The van der Waals surface area contributed by atoms with Crippen LogP contribution in [0.2, 0.25) is 0 Å². The summed E-state index contributed by atoms with van der Waals surface area (Å²) in [6, 6.07) is 3.51. The lowest BCUT2D eigenvalue weighted by molar-refractivity contribution is 0.0640. The van der Waals surface area contributed by atoms with Gasteiger partial charge in [0.15, 0.2) is 0 Å². The highest BCUT2D eigenvalue weighted by molar-refractivity contribution is 7.89. The maximum Gasteiger partial charge on any atom is 0.243 e. The SMILES string of the molecule is CCc1cc(N)c(CC)c(S(=O)(=O)N(C)CC(C)(C)O)c1. The number of rotatable bonds is 6. The van der Waals surface area contributed by atoms with Crippen LogP contribution < -0.4 is 5.73 Å². The minimum Gasteiger partial charge on any atom is -0.398 e. The minimum absolute atomic E-state index is 0.0226. The molecule has 0 aromatic heterocycles. The zero-order valence-corrected chi connectivity index (χ0v) is 14.3. The topological polar surface area (TPSA) is 83.6 Å². The average Bonchev–Trinajstić information content (AvgIpc) is 2.35. The molecule has 3 N–H and O–H groups in total. The van der Waals surface area contributed by atoms with E-state index in [4.69, 9.17) is 5.73 Å². The van der Waals surface area contributed by atoms with E-state index in [0.29, 0.717) is 24.1 Å². The molecule has 0 saturated carbocycles. The van der Waals surface area contributed by atoms with Gasteiger partial charge in [0.1, 0.15) is 0 Å². The van der Waals surface area contributed by atoms with Gasteiger partial charge in [-0.25, -0.2) is 8.42 Å². The zero-order chi connectivity index (χ0) is 16.4. The highest BCUT2D eigenvalue weighted by atomic mass is 32.2. The predicted molar refractivity (Wildman–Crippen MR) is 85.7 cm³/mol. The van der Waals surface area contributed by atoms with E-state index >= 15 is 0 Å². The average molecular weight is 314 g/mol. The van der Waals surface area contributed by atoms with Crippen molar-refractivity contribution in [1.29, 1.82) is 0 Å². The Bertz CT molecular complexity index is 604. The molecule has 0 fully saturated rings. The first-order valence-corrected chi connectivity index (χ1v) is 8.57. The van der Waals surface area contributed by atoms with E-state index in [-0.39, 0.29) is 11.4 Å². The molecule has 0 bridgehead atoms. The lowest BCUT2D eigenvalue weighted by atomic mass is 10.1. The van der Waals surface area contributed by atoms with Gasteiger partial charge in [0.05, 0.1) is 10.5 Å². The highest BCUT2D eigenvalue weighted by Crippen LogP contribution is 2.28. The van der Waals surface area contributed by atoms with Gasteiger partial charge in [-0.2, -0.15) is 4.31 Å². The first-order valence-electron chi connectivity index (χ1n) is 7.13. The summed E-state index contributed by atoms with van der Waals surface area (Å²) in [6.45, 7) is 7.02. The monoisotopic (exact) mass is 314 g/mol. The lowest BCUT2D eigenvalue weighted by Crippen LogP contribution is -2.40. The van der Waals surface area contributed by atoms with Gasteiger partial charge in [-0.1, -0.05) is 13.8 Å². The maximum atomic E-state index is 12.8. The number of aryl methyl sites for hydroxylation is 1. The van der Waals surface area contributed by atoms with E-state index in [0.717, 1.165) is 5.56 Å². The Hall–Kier alpha value is -1.11. The van der Waals surface area contributed by atoms with E-state index in [1.807, 2.05) is 19.9 Å². The summed E-state index contributed by atoms with van der Waals surface area (Å²) in [5.74, 6) is 0. The van der Waals surface area contributed by atoms with Gasteiger partial charge >= 0.3 is 0 Å². The molecule has 5 nitrogen and oxygen atoms in total. The predicted octanol–water partition coefficient (Wildman–Crippen LogP) is 1.78. The maximum absolute atomic E-state index is 12.8. The summed E-state index contributed by atoms with van der Waals surface area (Å²) < 4.78 is 26.7. The molecule has 21 heavy (non-hydrogen) atoms. The third kappa shape index (κ3) is 4.18. The summed E-state index contributed by atoms with van der Waals surface area (Å²) in [6.07, 6.45) is 1.26. The van der Waals surface area contributed by atoms with Gasteiger partial charge in [-0.15, -0.1) is 0 Å². The van der Waals surface area contributed by atoms with Gasteiger partial charge in [-0.05, 0) is 49.9 Å². The van der Waals surface area contributed by atoms with Crippen LogP contribution in [0.5, 0.6) is 0 Å². The molecule has 120 valence electrons. The Labute approximate surface area is 127 Å². The second-order valence-electron chi connectivity index (χ2n) is 5.94. The fraction of sp³-hybridized carbons (Fsp3) is 0.600. The third-order valence-corrected chi connectivity index (χ3v) is 5.23. The van der Waals surface area contributed by atoms with Crippen LogP contribution in [0.4, 0.5) is 5.69 Å². The molecular weight excluding hydrogens is 288 g/mol. The molecule has 1 aromatic carbocycles. The quantitative estimate of drug-likeness (QED) is 0.784. The smallest absolute Gasteiger partial charge is 0.243 e. The van der Waals surface area contributed by atoms with Crippen LogP contribution in [-0.4, -0.2) is 37.0 Å². The molecule has 0 spiro atoms. The minimum atomic E-state index is -3.68. The number of nitrogen functional groups attached to an aromatic ring is 1. The molecule has 0 aliphatic rings. The summed E-state index contributed by atoms with van der Waals surface area (Å²) in [4.78, 5) is 0.244. The Morgan fingerprint density at radius 1 is 1.24 bits per heavy atom. The van der Waals surface area contributed by atoms with Gasteiger partial charge in [0, 0.05) is 19.3 Å². The number of likely N-dealkylation sites (N-methyl/N-ethyl adjacent to an activating group) is 1. The first-order chi connectivity index (χ1) is 9.52. The van der Waals surface area contributed by atoms with Gasteiger partial charge in [-0.3, -0.25) is 0 Å². The molecule has 0 amide bonds. The Morgan fingerprint density at radius 2 is 1.81 bits per heavy atom. The molecule has 0 heterocycles. The van der Waals surface area contributed by atoms with Crippen molar-refractivity contribution in [2.75, 3.05) is 19.3 Å². The number of benzene rings is 1. The van der Waals surface area contributed by atoms with Crippen LogP contribution >= 0.6 is 0 Å². The largest absolute Gasteiger partial charge is 0.398 e. The van der Waals surface area contributed by atoms with Crippen LogP contribution in [0, 0.1) is 0 Å². The second-order valence-corrected chi connectivity index (χ2v) is 7.96. The van der Waals surface area contributed by atoms with Gasteiger partial charge in [0.2, 0.25) is 10.0 Å². The number of aliphatic hydroxyl groups is 1. The zero-order valence-electron chi connectivity index (χ0n) is 13.5. The molecule has 0 aliphatic heterocycles. The summed E-state index contributed by atoms with van der Waals surface area (Å²) in [7, 11) is -2.20. The van der Waals surface area contributed by atoms with Crippen LogP contribution in [0.3, 0.4) is 0 Å². The fourth-order valence-corrected chi connectivity index (χ4v) is 4.03. The van der Waals surface area contributed by atoms with Crippen molar-refractivity contribution in [2.45, 2.75) is 51.0 Å². The standard InChI is InChI=1S/C15H26N2O3S/c1-6-11-8-13(16)12(7-2)14(9-11)21(19,20)17(5)10-15(3,4)18/h8-9,18H,6-7,10,16H2,1-5H3. The Balaban J connectivity index is 3.39. The highest BCUT2D eigenvalue weighted by Gasteiger charge is 2.29. The van der Waals surface area contributed by atoms with Crippen molar-refractivity contribution in [3.63, 3.8) is 0 Å². The second kappa shape index (κ2) is 6.34. The van der Waals surface area contributed by atoms with Crippen molar-refractivity contribution in [3.05, 3.63) is 23.3 Å². The Morgan fingerprint density at radius 3 is 2.24 bits per heavy atom. The number of sulfonamides is 1. The van der Waals surface area contributed by atoms with Gasteiger partial charge < -0.3 is 10.8 Å². The molecule has 0 atom stereocenters. The number of anilines is 1. The van der Waals surface area contributed by atoms with E-state index in [1.165, 1.54) is 11.4 Å². The normalized spacial score (nSPS) is 12.9. The van der Waals surface area contributed by atoms with E-state index in [2.05, 4.69) is 0 Å². The summed E-state index contributed by atoms with van der Waals surface area (Å²) in [5.41, 5.74) is 6.93. The molecule has 1 rings (SSSR count). The van der Waals surface area contributed by atoms with E-state index in [1.54, 1.807) is 19.9 Å². The van der Waals surface area contributed by atoms with Crippen LogP contribution in [-0.2, 0) is 22.9 Å². The Kier molecular flexibility index (Phi) is 5.41. The first kappa shape index (κ1) is 17.9. The summed E-state index contributed by atoms with van der Waals surface area (Å²) >= 11 is 0. The van der Waals surface area contributed by atoms with Crippen molar-refractivity contribution in [3.8, 4) is 0 Å². The molecule has 0 aliphatic carbocycles. The van der Waals surface area contributed by atoms with Crippen LogP contribution in [0.15, 0.2) is 17.0 Å². The van der Waals surface area contributed by atoms with Crippen LogP contribution in [0.1, 0.15) is 38.8 Å². The summed E-state index contributed by atoms with van der Waals surface area (Å²) in [5, 5.41) is 9.85. The van der Waals surface area contributed by atoms with Crippen LogP contribution in [0.25, 0.3) is 0 Å². The van der Waals surface area contributed by atoms with Gasteiger partial charge in [0.25, 0.3) is 0 Å². The fourth-order valence-electron chi connectivity index (χ4n) is 2.34. The van der Waals surface area contributed by atoms with E-state index in [9.17, 15) is 13.5 Å². The van der Waals surface area contributed by atoms with Crippen molar-refractivity contribution in [2.24, 2.45) is 0 Å². The molecule has 0 radical (unpaired) electrons. The number of nitrogens with zero attached hydrogens (tertiary/aromatic N) is 1. The molecular formula is C15H26N2O3S. The number of hydrogen-bond acceptors (Lipinski definition) is 4. The molecule has 0 saturated heterocycles. The van der Waals surface area contributed by atoms with Crippen molar-refractivity contribution >= 4 is 15.7 Å². The van der Waals surface area contributed by atoms with Crippen molar-refractivity contribution in [1.82, 2.24) is 4.31 Å². The molecule has 1 aromatic rings. The van der Waals surface area contributed by atoms with Crippen molar-refractivity contribution < 1.29 is 13.5 Å². The molecule has 6 heteroatoms. The number of nitrogens with two attached hydrogens (primary N) is 1. The number of hydrogen-bond donors (Lipinski definition) is 2. The molecule has 0 unspecified atom stereocenters.